The summed E-state index contributed by atoms with van der Waals surface area (Å²) >= 11 is 10.4. The Kier molecular flexibility index (Phi) is 4.92. The molecule has 110 valence electrons. The maximum atomic E-state index is 5.69. The molecule has 1 aliphatic rings. The van der Waals surface area contributed by atoms with Gasteiger partial charge in [0.05, 0.1) is 5.75 Å². The van der Waals surface area contributed by atoms with Gasteiger partial charge in [-0.05, 0) is 37.1 Å². The standard InChI is InChI=1S/C14H14BrN3OS2/c15-11-5-3-10(4-6-11)13-17-16-12(19-13)9-21-14(20)18-7-1-2-8-18/h3-6H,1-2,7-9H2. The number of likely N-dealkylation sites (tertiary alicyclic amines) is 1. The first-order valence-corrected chi connectivity index (χ1v) is 8.91. The van der Waals surface area contributed by atoms with Crippen molar-refractivity contribution in [2.24, 2.45) is 0 Å². The minimum atomic E-state index is 0.546. The van der Waals surface area contributed by atoms with Gasteiger partial charge in [0.1, 0.15) is 4.32 Å². The Morgan fingerprint density at radius 3 is 2.67 bits per heavy atom. The molecule has 0 unspecified atom stereocenters. The first kappa shape index (κ1) is 15.0. The van der Waals surface area contributed by atoms with Gasteiger partial charge >= 0.3 is 0 Å². The van der Waals surface area contributed by atoms with Crippen LogP contribution in [0.15, 0.2) is 33.2 Å². The summed E-state index contributed by atoms with van der Waals surface area (Å²) in [6, 6.07) is 7.81. The first-order valence-electron chi connectivity index (χ1n) is 6.72. The number of rotatable bonds is 3. The van der Waals surface area contributed by atoms with Gasteiger partial charge in [0.25, 0.3) is 0 Å². The molecule has 1 aromatic carbocycles. The van der Waals surface area contributed by atoms with E-state index in [1.165, 1.54) is 12.8 Å². The molecule has 1 aromatic heterocycles. The number of hydrogen-bond acceptors (Lipinski definition) is 5. The number of halogens is 1. The Balaban J connectivity index is 1.60. The van der Waals surface area contributed by atoms with Gasteiger partial charge in [-0.1, -0.05) is 39.9 Å². The molecule has 0 atom stereocenters. The number of thiocarbonyl (C=S) groups is 1. The molecule has 0 radical (unpaired) electrons. The number of nitrogens with zero attached hydrogens (tertiary/aromatic N) is 3. The van der Waals surface area contributed by atoms with Crippen molar-refractivity contribution in [1.82, 2.24) is 15.1 Å². The third-order valence-corrected chi connectivity index (χ3v) is 5.28. The van der Waals surface area contributed by atoms with E-state index in [-0.39, 0.29) is 0 Å². The minimum absolute atomic E-state index is 0.546. The van der Waals surface area contributed by atoms with Crippen molar-refractivity contribution in [2.75, 3.05) is 13.1 Å². The summed E-state index contributed by atoms with van der Waals surface area (Å²) in [5, 5.41) is 8.18. The number of thioether (sulfide) groups is 1. The van der Waals surface area contributed by atoms with Crippen molar-refractivity contribution in [3.63, 3.8) is 0 Å². The second kappa shape index (κ2) is 6.89. The van der Waals surface area contributed by atoms with Crippen LogP contribution < -0.4 is 0 Å². The Labute approximate surface area is 141 Å². The fraction of sp³-hybridized carbons (Fsp3) is 0.357. The highest BCUT2D eigenvalue weighted by atomic mass is 79.9. The Morgan fingerprint density at radius 2 is 1.95 bits per heavy atom. The molecule has 4 nitrogen and oxygen atoms in total. The fourth-order valence-corrected chi connectivity index (χ4v) is 3.49. The van der Waals surface area contributed by atoms with Gasteiger partial charge in [-0.15, -0.1) is 10.2 Å². The van der Waals surface area contributed by atoms with Gasteiger partial charge in [-0.25, -0.2) is 0 Å². The zero-order chi connectivity index (χ0) is 14.7. The third-order valence-electron chi connectivity index (χ3n) is 3.24. The molecular weight excluding hydrogens is 370 g/mol. The summed E-state index contributed by atoms with van der Waals surface area (Å²) in [6.07, 6.45) is 2.46. The molecule has 2 heterocycles. The average molecular weight is 384 g/mol. The van der Waals surface area contributed by atoms with Gasteiger partial charge < -0.3 is 9.32 Å². The number of aromatic nitrogens is 2. The van der Waals surface area contributed by atoms with Gasteiger partial charge in [0.15, 0.2) is 0 Å². The van der Waals surface area contributed by atoms with E-state index in [2.05, 4.69) is 31.0 Å². The molecule has 1 aliphatic heterocycles. The molecule has 0 aliphatic carbocycles. The van der Waals surface area contributed by atoms with Crippen LogP contribution in [0.5, 0.6) is 0 Å². The molecule has 1 fully saturated rings. The zero-order valence-corrected chi connectivity index (χ0v) is 14.5. The Hall–Kier alpha value is -0.920. The fourth-order valence-electron chi connectivity index (χ4n) is 2.14. The van der Waals surface area contributed by atoms with E-state index in [9.17, 15) is 0 Å². The van der Waals surface area contributed by atoms with Crippen LogP contribution in [0.2, 0.25) is 0 Å². The average Bonchev–Trinajstić information content (AvgIpc) is 3.17. The number of benzene rings is 1. The van der Waals surface area contributed by atoms with E-state index in [1.54, 1.807) is 11.8 Å². The smallest absolute Gasteiger partial charge is 0.247 e. The van der Waals surface area contributed by atoms with E-state index in [1.807, 2.05) is 24.3 Å². The van der Waals surface area contributed by atoms with Crippen molar-refractivity contribution >= 4 is 44.2 Å². The van der Waals surface area contributed by atoms with Crippen LogP contribution in [0.4, 0.5) is 0 Å². The minimum Gasteiger partial charge on any atom is -0.420 e. The van der Waals surface area contributed by atoms with E-state index < -0.39 is 0 Å². The monoisotopic (exact) mass is 383 g/mol. The summed E-state index contributed by atoms with van der Waals surface area (Å²) in [6.45, 7) is 2.14. The third kappa shape index (κ3) is 3.84. The summed E-state index contributed by atoms with van der Waals surface area (Å²) in [5.41, 5.74) is 0.920. The molecule has 1 saturated heterocycles. The van der Waals surface area contributed by atoms with Gasteiger partial charge in [-0.2, -0.15) is 0 Å². The van der Waals surface area contributed by atoms with Crippen LogP contribution in [0.1, 0.15) is 18.7 Å². The predicted octanol–water partition coefficient (Wildman–Crippen LogP) is 4.11. The molecule has 0 amide bonds. The highest BCUT2D eigenvalue weighted by Crippen LogP contribution is 2.23. The van der Waals surface area contributed by atoms with E-state index in [4.69, 9.17) is 16.6 Å². The number of hydrogen-bond donors (Lipinski definition) is 0. The molecule has 2 aromatic rings. The quantitative estimate of drug-likeness (QED) is 0.742. The van der Waals surface area contributed by atoms with E-state index in [0.717, 1.165) is 27.4 Å². The van der Waals surface area contributed by atoms with Crippen molar-refractivity contribution in [1.29, 1.82) is 0 Å². The lowest BCUT2D eigenvalue weighted by atomic mass is 10.2. The van der Waals surface area contributed by atoms with Crippen LogP contribution in [0.3, 0.4) is 0 Å². The summed E-state index contributed by atoms with van der Waals surface area (Å²) in [7, 11) is 0. The molecule has 3 rings (SSSR count). The maximum absolute atomic E-state index is 5.69. The molecule has 21 heavy (non-hydrogen) atoms. The molecule has 7 heteroatoms. The van der Waals surface area contributed by atoms with Gasteiger partial charge in [0.2, 0.25) is 11.8 Å². The summed E-state index contributed by atoms with van der Waals surface area (Å²) in [5.74, 6) is 1.78. The zero-order valence-electron chi connectivity index (χ0n) is 11.3. The molecule has 0 saturated carbocycles. The molecule has 0 N–H and O–H groups in total. The second-order valence-electron chi connectivity index (χ2n) is 4.76. The van der Waals surface area contributed by atoms with Crippen LogP contribution in [-0.2, 0) is 5.75 Å². The lowest BCUT2D eigenvalue weighted by Crippen LogP contribution is -2.23. The Morgan fingerprint density at radius 1 is 1.24 bits per heavy atom. The lowest BCUT2D eigenvalue weighted by Gasteiger charge is -2.16. The van der Waals surface area contributed by atoms with Crippen LogP contribution >= 0.6 is 39.9 Å². The van der Waals surface area contributed by atoms with Crippen molar-refractivity contribution < 1.29 is 4.42 Å². The van der Waals surface area contributed by atoms with Crippen LogP contribution in [0.25, 0.3) is 11.5 Å². The van der Waals surface area contributed by atoms with Crippen LogP contribution in [0, 0.1) is 0 Å². The SMILES string of the molecule is S=C(SCc1nnc(-c2ccc(Br)cc2)o1)N1CCCC1. The molecule has 0 bridgehead atoms. The highest BCUT2D eigenvalue weighted by Gasteiger charge is 2.16. The Bertz CT molecular complexity index is 623. The normalized spacial score (nSPS) is 14.6. The topological polar surface area (TPSA) is 42.2 Å². The molecular formula is C14H14BrN3OS2. The second-order valence-corrected chi connectivity index (χ2v) is 7.28. The van der Waals surface area contributed by atoms with Gasteiger partial charge in [-0.3, -0.25) is 0 Å². The van der Waals surface area contributed by atoms with E-state index >= 15 is 0 Å². The molecule has 0 spiro atoms. The lowest BCUT2D eigenvalue weighted by molar-refractivity contribution is 0.527. The van der Waals surface area contributed by atoms with Crippen molar-refractivity contribution in [3.05, 3.63) is 34.6 Å². The summed E-state index contributed by atoms with van der Waals surface area (Å²) in [4.78, 5) is 2.24. The summed E-state index contributed by atoms with van der Waals surface area (Å²) < 4.78 is 7.64. The highest BCUT2D eigenvalue weighted by molar-refractivity contribution is 9.10. The first-order chi connectivity index (χ1) is 10.2. The van der Waals surface area contributed by atoms with Gasteiger partial charge in [0, 0.05) is 23.1 Å². The maximum Gasteiger partial charge on any atom is 0.247 e. The van der Waals surface area contributed by atoms with Crippen molar-refractivity contribution in [3.8, 4) is 11.5 Å². The van der Waals surface area contributed by atoms with Crippen LogP contribution in [-0.4, -0.2) is 32.5 Å². The predicted molar refractivity (Wildman–Crippen MR) is 92.1 cm³/mol. The van der Waals surface area contributed by atoms with Crippen molar-refractivity contribution in [2.45, 2.75) is 18.6 Å². The largest absolute Gasteiger partial charge is 0.420 e. The van der Waals surface area contributed by atoms with E-state index in [0.29, 0.717) is 17.5 Å².